The zero-order valence-corrected chi connectivity index (χ0v) is 10.5. The Hall–Kier alpha value is -0.830. The Morgan fingerprint density at radius 1 is 1.44 bits per heavy atom. The normalized spacial score (nSPS) is 25.3. The summed E-state index contributed by atoms with van der Waals surface area (Å²) < 4.78 is 6.00. The predicted molar refractivity (Wildman–Crippen MR) is 66.4 cm³/mol. The molecule has 2 unspecified atom stereocenters. The van der Waals surface area contributed by atoms with Gasteiger partial charge in [0, 0.05) is 0 Å². The summed E-state index contributed by atoms with van der Waals surface area (Å²) in [5.41, 5.74) is 0. The molecule has 3 heteroatoms. The fourth-order valence-corrected chi connectivity index (χ4v) is 3.13. The molecule has 1 heterocycles. The Kier molecular flexibility index (Phi) is 3.99. The first-order chi connectivity index (χ1) is 7.83. The molecule has 1 aliphatic carbocycles. The molecule has 0 aliphatic heterocycles. The average molecular weight is 238 g/mol. The lowest BCUT2D eigenvalue weighted by atomic mass is 9.85. The molecule has 88 valence electrons. The fourth-order valence-electron chi connectivity index (χ4n) is 2.41. The van der Waals surface area contributed by atoms with Gasteiger partial charge in [0.15, 0.2) is 11.3 Å². The number of hydrogen-bond donors (Lipinski definition) is 0. The van der Waals surface area contributed by atoms with Crippen LogP contribution < -0.4 is 4.74 Å². The van der Waals surface area contributed by atoms with Gasteiger partial charge in [-0.25, -0.2) is 0 Å². The number of carbonyl (C=O) groups excluding carboxylic acids is 1. The third-order valence-electron chi connectivity index (χ3n) is 3.35. The third kappa shape index (κ3) is 2.64. The number of thiophene rings is 1. The van der Waals surface area contributed by atoms with E-state index in [0.717, 1.165) is 22.6 Å². The number of aldehydes is 1. The molecule has 0 N–H and O–H groups in total. The second kappa shape index (κ2) is 5.48. The third-order valence-corrected chi connectivity index (χ3v) is 4.25. The minimum Gasteiger partial charge on any atom is -0.481 e. The van der Waals surface area contributed by atoms with E-state index < -0.39 is 0 Å². The van der Waals surface area contributed by atoms with Crippen molar-refractivity contribution in [3.63, 3.8) is 0 Å². The SMILES string of the molecule is CCC1CCCCC1Oc1ccc(C=O)s1. The molecule has 2 rings (SSSR count). The molecule has 0 spiro atoms. The molecule has 1 aromatic rings. The van der Waals surface area contributed by atoms with Crippen LogP contribution in [0.25, 0.3) is 0 Å². The van der Waals surface area contributed by atoms with Crippen LogP contribution in [0.1, 0.15) is 48.7 Å². The maximum absolute atomic E-state index is 10.6. The monoisotopic (exact) mass is 238 g/mol. The van der Waals surface area contributed by atoms with Gasteiger partial charge in [0.1, 0.15) is 6.10 Å². The highest BCUT2D eigenvalue weighted by Crippen LogP contribution is 2.32. The van der Waals surface area contributed by atoms with E-state index in [1.54, 1.807) is 0 Å². The highest BCUT2D eigenvalue weighted by atomic mass is 32.1. The van der Waals surface area contributed by atoms with Gasteiger partial charge in [-0.3, -0.25) is 4.79 Å². The Morgan fingerprint density at radius 3 is 2.94 bits per heavy atom. The lowest BCUT2D eigenvalue weighted by Crippen LogP contribution is -2.29. The van der Waals surface area contributed by atoms with Gasteiger partial charge in [-0.05, 0) is 43.7 Å². The van der Waals surface area contributed by atoms with Gasteiger partial charge >= 0.3 is 0 Å². The largest absolute Gasteiger partial charge is 0.481 e. The molecule has 1 saturated carbocycles. The van der Waals surface area contributed by atoms with Gasteiger partial charge in [-0.1, -0.05) is 24.7 Å². The molecule has 0 aromatic carbocycles. The van der Waals surface area contributed by atoms with Crippen molar-refractivity contribution in [3.8, 4) is 5.06 Å². The van der Waals surface area contributed by atoms with Crippen molar-refractivity contribution in [1.29, 1.82) is 0 Å². The number of ether oxygens (including phenoxy) is 1. The smallest absolute Gasteiger partial charge is 0.174 e. The van der Waals surface area contributed by atoms with Gasteiger partial charge in [0.25, 0.3) is 0 Å². The van der Waals surface area contributed by atoms with Crippen LogP contribution in [0.4, 0.5) is 0 Å². The van der Waals surface area contributed by atoms with E-state index in [2.05, 4.69) is 6.92 Å². The summed E-state index contributed by atoms with van der Waals surface area (Å²) in [7, 11) is 0. The van der Waals surface area contributed by atoms with Crippen LogP contribution in [-0.2, 0) is 0 Å². The van der Waals surface area contributed by atoms with Crippen molar-refractivity contribution < 1.29 is 9.53 Å². The Balaban J connectivity index is 1.98. The number of rotatable bonds is 4. The van der Waals surface area contributed by atoms with Crippen LogP contribution in [0.3, 0.4) is 0 Å². The van der Waals surface area contributed by atoms with Crippen molar-refractivity contribution in [2.75, 3.05) is 0 Å². The zero-order chi connectivity index (χ0) is 11.4. The molecule has 0 radical (unpaired) electrons. The molecule has 2 nitrogen and oxygen atoms in total. The summed E-state index contributed by atoms with van der Waals surface area (Å²) in [6.07, 6.45) is 7.48. The van der Waals surface area contributed by atoms with E-state index in [1.165, 1.54) is 37.0 Å². The highest BCUT2D eigenvalue weighted by Gasteiger charge is 2.25. The molecular formula is C13H18O2S. The standard InChI is InChI=1S/C13H18O2S/c1-2-10-5-3-4-6-12(10)15-13-8-7-11(9-14)16-13/h7-10,12H,2-6H2,1H3. The molecule has 1 aliphatic rings. The van der Waals surface area contributed by atoms with E-state index in [1.807, 2.05) is 12.1 Å². The lowest BCUT2D eigenvalue weighted by Gasteiger charge is -2.30. The van der Waals surface area contributed by atoms with E-state index in [9.17, 15) is 4.79 Å². The first-order valence-electron chi connectivity index (χ1n) is 6.05. The zero-order valence-electron chi connectivity index (χ0n) is 9.65. The topological polar surface area (TPSA) is 26.3 Å². The van der Waals surface area contributed by atoms with Gasteiger partial charge in [-0.2, -0.15) is 0 Å². The first-order valence-corrected chi connectivity index (χ1v) is 6.86. The lowest BCUT2D eigenvalue weighted by molar-refractivity contribution is 0.0941. The Morgan fingerprint density at radius 2 is 2.25 bits per heavy atom. The van der Waals surface area contributed by atoms with Crippen molar-refractivity contribution in [2.24, 2.45) is 5.92 Å². The summed E-state index contributed by atoms with van der Waals surface area (Å²) in [4.78, 5) is 11.3. The summed E-state index contributed by atoms with van der Waals surface area (Å²) in [5.74, 6) is 0.690. The Bertz CT molecular complexity index is 345. The quantitative estimate of drug-likeness (QED) is 0.743. The summed E-state index contributed by atoms with van der Waals surface area (Å²) >= 11 is 1.45. The first kappa shape index (κ1) is 11.6. The van der Waals surface area contributed by atoms with E-state index in [0.29, 0.717) is 12.0 Å². The van der Waals surface area contributed by atoms with E-state index >= 15 is 0 Å². The van der Waals surface area contributed by atoms with Crippen LogP contribution in [0.2, 0.25) is 0 Å². The van der Waals surface area contributed by atoms with Crippen LogP contribution in [0, 0.1) is 5.92 Å². The molecular weight excluding hydrogens is 220 g/mol. The Labute approximate surface area is 101 Å². The van der Waals surface area contributed by atoms with Crippen molar-refractivity contribution in [3.05, 3.63) is 17.0 Å². The fraction of sp³-hybridized carbons (Fsp3) is 0.615. The van der Waals surface area contributed by atoms with E-state index in [4.69, 9.17) is 4.74 Å². The molecule has 1 aromatic heterocycles. The van der Waals surface area contributed by atoms with Crippen molar-refractivity contribution in [2.45, 2.75) is 45.1 Å². The van der Waals surface area contributed by atoms with E-state index in [-0.39, 0.29) is 0 Å². The summed E-state index contributed by atoms with van der Waals surface area (Å²) in [6, 6.07) is 3.74. The summed E-state index contributed by atoms with van der Waals surface area (Å²) in [5, 5.41) is 0.896. The van der Waals surface area contributed by atoms with Crippen molar-refractivity contribution in [1.82, 2.24) is 0 Å². The summed E-state index contributed by atoms with van der Waals surface area (Å²) in [6.45, 7) is 2.23. The van der Waals surface area contributed by atoms with Gasteiger partial charge in [0.2, 0.25) is 0 Å². The molecule has 0 saturated heterocycles. The average Bonchev–Trinajstić information content (AvgIpc) is 2.77. The van der Waals surface area contributed by atoms with Crippen molar-refractivity contribution >= 4 is 17.6 Å². The predicted octanol–water partition coefficient (Wildman–Crippen LogP) is 3.91. The second-order valence-corrected chi connectivity index (χ2v) is 5.46. The van der Waals surface area contributed by atoms with Gasteiger partial charge in [0.05, 0.1) is 4.88 Å². The van der Waals surface area contributed by atoms with Gasteiger partial charge < -0.3 is 4.74 Å². The van der Waals surface area contributed by atoms with Crippen LogP contribution >= 0.6 is 11.3 Å². The second-order valence-electron chi connectivity index (χ2n) is 4.38. The number of hydrogen-bond acceptors (Lipinski definition) is 3. The highest BCUT2D eigenvalue weighted by molar-refractivity contribution is 7.15. The molecule has 1 fully saturated rings. The molecule has 0 amide bonds. The minimum atomic E-state index is 0.358. The molecule has 16 heavy (non-hydrogen) atoms. The maximum Gasteiger partial charge on any atom is 0.174 e. The maximum atomic E-state index is 10.6. The van der Waals surface area contributed by atoms with Crippen LogP contribution in [0.5, 0.6) is 5.06 Å². The van der Waals surface area contributed by atoms with Crippen LogP contribution in [-0.4, -0.2) is 12.4 Å². The van der Waals surface area contributed by atoms with Gasteiger partial charge in [-0.15, -0.1) is 0 Å². The number of carbonyl (C=O) groups is 1. The minimum absolute atomic E-state index is 0.358. The van der Waals surface area contributed by atoms with Crippen LogP contribution in [0.15, 0.2) is 12.1 Å². The molecule has 0 bridgehead atoms. The molecule has 2 atom stereocenters.